The molecular weight excluding hydrogens is 350 g/mol. The molecule has 2 aliphatic heterocycles. The Morgan fingerprint density at radius 1 is 1.04 bits per heavy atom. The number of fused-ring (bicyclic) bond motifs is 1. The van der Waals surface area contributed by atoms with Crippen LogP contribution < -0.4 is 0 Å². The number of carbonyl (C=O) groups is 1. The molecule has 1 amide bonds. The van der Waals surface area contributed by atoms with E-state index in [0.29, 0.717) is 6.54 Å². The quantitative estimate of drug-likeness (QED) is 0.770. The normalized spacial score (nSPS) is 25.8. The number of nitrogens with zero attached hydrogens (tertiary/aromatic N) is 3. The second-order valence-corrected chi connectivity index (χ2v) is 10.1. The number of likely N-dealkylation sites (N-methyl/N-ethyl adjacent to an activating group) is 1. The van der Waals surface area contributed by atoms with Gasteiger partial charge in [-0.25, -0.2) is 8.42 Å². The third-order valence-corrected chi connectivity index (χ3v) is 7.11. The smallest absolute Gasteiger partial charge is 0.236 e. The second-order valence-electron chi connectivity index (χ2n) is 7.94. The van der Waals surface area contributed by atoms with E-state index in [4.69, 9.17) is 0 Å². The van der Waals surface area contributed by atoms with Crippen molar-refractivity contribution in [1.29, 1.82) is 0 Å². The molecule has 0 radical (unpaired) electrons. The molecule has 2 heterocycles. The van der Waals surface area contributed by atoms with Crippen molar-refractivity contribution in [2.45, 2.75) is 32.5 Å². The average Bonchev–Trinajstić information content (AvgIpc) is 2.84. The molecule has 0 aromatic heterocycles. The van der Waals surface area contributed by atoms with Gasteiger partial charge in [-0.05, 0) is 19.4 Å². The molecule has 0 unspecified atom stereocenters. The van der Waals surface area contributed by atoms with Crippen LogP contribution >= 0.6 is 0 Å². The van der Waals surface area contributed by atoms with Crippen molar-refractivity contribution in [1.82, 2.24) is 14.7 Å². The lowest BCUT2D eigenvalue weighted by Gasteiger charge is -2.44. The highest BCUT2D eigenvalue weighted by atomic mass is 32.2. The van der Waals surface area contributed by atoms with Gasteiger partial charge in [0.2, 0.25) is 5.91 Å². The van der Waals surface area contributed by atoms with E-state index < -0.39 is 9.84 Å². The van der Waals surface area contributed by atoms with Gasteiger partial charge in [-0.1, -0.05) is 29.3 Å². The van der Waals surface area contributed by atoms with Crippen molar-refractivity contribution in [3.63, 3.8) is 0 Å². The van der Waals surface area contributed by atoms with Gasteiger partial charge in [0, 0.05) is 45.8 Å². The van der Waals surface area contributed by atoms with E-state index in [0.717, 1.165) is 19.6 Å². The average molecular weight is 380 g/mol. The van der Waals surface area contributed by atoms with Crippen LogP contribution in [0.3, 0.4) is 0 Å². The Labute approximate surface area is 156 Å². The number of rotatable bonds is 4. The summed E-state index contributed by atoms with van der Waals surface area (Å²) >= 11 is 0. The molecule has 0 bridgehead atoms. The Balaban J connectivity index is 1.79. The Morgan fingerprint density at radius 2 is 1.58 bits per heavy atom. The summed E-state index contributed by atoms with van der Waals surface area (Å²) in [5.41, 5.74) is 3.68. The zero-order valence-corrected chi connectivity index (χ0v) is 16.9. The Morgan fingerprint density at radius 3 is 2.15 bits per heavy atom. The number of amides is 1. The van der Waals surface area contributed by atoms with Crippen molar-refractivity contribution in [2.75, 3.05) is 45.2 Å². The van der Waals surface area contributed by atoms with Crippen LogP contribution in [0, 0.1) is 13.8 Å². The van der Waals surface area contributed by atoms with Gasteiger partial charge in [-0.2, -0.15) is 0 Å². The van der Waals surface area contributed by atoms with Gasteiger partial charge >= 0.3 is 0 Å². The van der Waals surface area contributed by atoms with Gasteiger partial charge in [-0.15, -0.1) is 0 Å². The molecule has 26 heavy (non-hydrogen) atoms. The number of hydrogen-bond donors (Lipinski definition) is 0. The van der Waals surface area contributed by atoms with Crippen LogP contribution in [0.4, 0.5) is 0 Å². The topological polar surface area (TPSA) is 60.9 Å². The molecule has 0 aliphatic carbocycles. The van der Waals surface area contributed by atoms with E-state index >= 15 is 0 Å². The number of benzene rings is 1. The largest absolute Gasteiger partial charge is 0.348 e. The third kappa shape index (κ3) is 4.27. The van der Waals surface area contributed by atoms with Crippen LogP contribution in [0.25, 0.3) is 0 Å². The highest BCUT2D eigenvalue weighted by Crippen LogP contribution is 2.28. The van der Waals surface area contributed by atoms with E-state index in [9.17, 15) is 13.2 Å². The van der Waals surface area contributed by atoms with Gasteiger partial charge in [0.1, 0.15) is 0 Å². The molecule has 2 fully saturated rings. The Hall–Kier alpha value is -1.44. The van der Waals surface area contributed by atoms with Crippen molar-refractivity contribution in [3.05, 3.63) is 34.9 Å². The van der Waals surface area contributed by atoms with E-state index in [2.05, 4.69) is 41.8 Å². The van der Waals surface area contributed by atoms with Gasteiger partial charge in [-0.3, -0.25) is 14.6 Å². The predicted molar refractivity (Wildman–Crippen MR) is 103 cm³/mol. The van der Waals surface area contributed by atoms with Crippen molar-refractivity contribution in [2.24, 2.45) is 0 Å². The molecule has 0 saturated carbocycles. The van der Waals surface area contributed by atoms with Crippen LogP contribution in [0.1, 0.15) is 16.7 Å². The molecule has 3 rings (SSSR count). The van der Waals surface area contributed by atoms with Gasteiger partial charge in [0.25, 0.3) is 0 Å². The van der Waals surface area contributed by atoms with Gasteiger partial charge in [0.05, 0.1) is 18.1 Å². The first kappa shape index (κ1) is 19.3. The van der Waals surface area contributed by atoms with Crippen molar-refractivity contribution < 1.29 is 13.2 Å². The summed E-state index contributed by atoms with van der Waals surface area (Å²) in [5, 5.41) is 0. The molecule has 6 nitrogen and oxygen atoms in total. The molecule has 1 aromatic carbocycles. The van der Waals surface area contributed by atoms with E-state index in [1.54, 1.807) is 19.0 Å². The summed E-state index contributed by atoms with van der Waals surface area (Å²) in [6.45, 7) is 6.73. The minimum atomic E-state index is -3.07. The standard InChI is InChI=1S/C19H29N3O3S/c1-14-7-15(2)9-16(8-14)10-21-5-6-22(11-19(23)20(3)4)18-13-26(24,25)12-17(18)21/h7-9,17-18H,5-6,10-13H2,1-4H3/t17-,18+/m0/s1. The minimum Gasteiger partial charge on any atom is -0.348 e. The van der Waals surface area contributed by atoms with Crippen LogP contribution in [0.5, 0.6) is 0 Å². The maximum Gasteiger partial charge on any atom is 0.236 e. The van der Waals surface area contributed by atoms with Gasteiger partial charge < -0.3 is 4.90 Å². The maximum atomic E-state index is 12.3. The van der Waals surface area contributed by atoms with Crippen LogP contribution in [0.15, 0.2) is 18.2 Å². The van der Waals surface area contributed by atoms with E-state index in [1.165, 1.54) is 16.7 Å². The Bertz CT molecular complexity index is 771. The highest BCUT2D eigenvalue weighted by Gasteiger charge is 2.46. The zero-order valence-electron chi connectivity index (χ0n) is 16.1. The molecule has 2 aliphatic rings. The van der Waals surface area contributed by atoms with E-state index in [1.807, 2.05) is 0 Å². The van der Waals surface area contributed by atoms with Crippen LogP contribution in [-0.2, 0) is 21.2 Å². The summed E-state index contributed by atoms with van der Waals surface area (Å²) in [5.74, 6) is 0.368. The molecule has 0 spiro atoms. The fourth-order valence-corrected chi connectivity index (χ4v) is 6.24. The van der Waals surface area contributed by atoms with Crippen molar-refractivity contribution >= 4 is 15.7 Å². The van der Waals surface area contributed by atoms with Crippen LogP contribution in [0.2, 0.25) is 0 Å². The minimum absolute atomic E-state index is 0.0239. The first-order valence-corrected chi connectivity index (χ1v) is 10.9. The zero-order chi connectivity index (χ0) is 19.1. The first-order chi connectivity index (χ1) is 12.1. The fraction of sp³-hybridized carbons (Fsp3) is 0.632. The SMILES string of the molecule is Cc1cc(C)cc(CN2CCN(CC(=O)N(C)C)[C@@H]3CS(=O)(=O)C[C@@H]32)c1. The van der Waals surface area contributed by atoms with E-state index in [-0.39, 0.29) is 29.5 Å². The lowest BCUT2D eigenvalue weighted by Crippen LogP contribution is -2.60. The molecule has 7 heteroatoms. The number of piperazine rings is 1. The second kappa shape index (κ2) is 7.29. The lowest BCUT2D eigenvalue weighted by atomic mass is 10.0. The monoisotopic (exact) mass is 379 g/mol. The summed E-state index contributed by atoms with van der Waals surface area (Å²) in [4.78, 5) is 18.1. The number of aryl methyl sites for hydroxylation is 2. The van der Waals surface area contributed by atoms with Crippen molar-refractivity contribution in [3.8, 4) is 0 Å². The first-order valence-electron chi connectivity index (χ1n) is 9.10. The summed E-state index contributed by atoms with van der Waals surface area (Å²) in [7, 11) is 0.408. The molecule has 1 aromatic rings. The molecule has 2 atom stereocenters. The lowest BCUT2D eigenvalue weighted by molar-refractivity contribution is -0.131. The molecule has 0 N–H and O–H groups in total. The third-order valence-electron chi connectivity index (χ3n) is 5.41. The number of carbonyl (C=O) groups excluding carboxylic acids is 1. The number of hydrogen-bond acceptors (Lipinski definition) is 5. The fourth-order valence-electron chi connectivity index (χ4n) is 4.20. The molecule has 2 saturated heterocycles. The van der Waals surface area contributed by atoms with Gasteiger partial charge in [0.15, 0.2) is 9.84 Å². The Kier molecular flexibility index (Phi) is 5.42. The number of sulfone groups is 1. The highest BCUT2D eigenvalue weighted by molar-refractivity contribution is 7.91. The maximum absolute atomic E-state index is 12.3. The van der Waals surface area contributed by atoms with Crippen LogP contribution in [-0.4, -0.2) is 86.3 Å². The summed E-state index contributed by atoms with van der Waals surface area (Å²) in [6, 6.07) is 6.37. The summed E-state index contributed by atoms with van der Waals surface area (Å²) < 4.78 is 24.6. The summed E-state index contributed by atoms with van der Waals surface area (Å²) in [6.07, 6.45) is 0. The predicted octanol–water partition coefficient (Wildman–Crippen LogP) is 0.675. The molecular formula is C19H29N3O3S. The molecule has 144 valence electrons.